The monoisotopic (exact) mass is 436 g/mol. The van der Waals surface area contributed by atoms with Crippen LogP contribution >= 0.6 is 15.9 Å². The molecule has 2 aromatic heterocycles. The van der Waals surface area contributed by atoms with E-state index in [4.69, 9.17) is 5.73 Å². The van der Waals surface area contributed by atoms with Gasteiger partial charge in [0.15, 0.2) is 5.82 Å². The van der Waals surface area contributed by atoms with E-state index in [-0.39, 0.29) is 27.6 Å². The minimum Gasteiger partial charge on any atom is -0.368 e. The second-order valence-corrected chi connectivity index (χ2v) is 7.74. The van der Waals surface area contributed by atoms with Gasteiger partial charge < -0.3 is 5.73 Å². The number of alkyl halides is 3. The molecule has 0 aliphatic rings. The number of hydrogen-bond donors (Lipinski definition) is 1. The van der Waals surface area contributed by atoms with Crippen molar-refractivity contribution in [3.05, 3.63) is 28.2 Å². The van der Waals surface area contributed by atoms with Crippen molar-refractivity contribution < 1.29 is 21.6 Å². The molecule has 2 heterocycles. The molecule has 25 heavy (non-hydrogen) atoms. The predicted molar refractivity (Wildman–Crippen MR) is 84.2 cm³/mol. The van der Waals surface area contributed by atoms with Crippen LogP contribution in [-0.2, 0) is 16.0 Å². The molecular formula is C12H8BrF3N6O2S. The molecule has 0 aliphatic heterocycles. The Balaban J connectivity index is 2.16. The Bertz CT molecular complexity index is 1100. The standard InChI is InChI=1S/C12H8BrF3N6O2S/c1-25(23,24)11-19-9(17)22-10(20-11)18-8(21-22)6-3-2-5(4-7(6)13)12(14,15)16/h2-4H,1H3,(H2,17,18,19,20,21). The number of nitrogen functional groups attached to an aromatic ring is 1. The Morgan fingerprint density at radius 3 is 2.44 bits per heavy atom. The first kappa shape index (κ1) is 17.5. The number of benzene rings is 1. The molecule has 0 saturated carbocycles. The third-order valence-electron chi connectivity index (χ3n) is 3.08. The lowest BCUT2D eigenvalue weighted by Gasteiger charge is -2.08. The fourth-order valence-corrected chi connectivity index (χ4v) is 3.00. The van der Waals surface area contributed by atoms with E-state index in [0.29, 0.717) is 0 Å². The summed E-state index contributed by atoms with van der Waals surface area (Å²) in [5.41, 5.74) is 5.06. The van der Waals surface area contributed by atoms with Crippen molar-refractivity contribution in [1.29, 1.82) is 0 Å². The summed E-state index contributed by atoms with van der Waals surface area (Å²) in [6.07, 6.45) is -3.59. The normalized spacial score (nSPS) is 12.7. The molecule has 0 aliphatic carbocycles. The topological polar surface area (TPSA) is 116 Å². The molecule has 0 spiro atoms. The summed E-state index contributed by atoms with van der Waals surface area (Å²) in [6, 6.07) is 2.95. The van der Waals surface area contributed by atoms with Crippen LogP contribution in [0.2, 0.25) is 0 Å². The van der Waals surface area contributed by atoms with Gasteiger partial charge >= 0.3 is 6.18 Å². The molecule has 0 saturated heterocycles. The number of nitrogens with zero attached hydrogens (tertiary/aromatic N) is 5. The van der Waals surface area contributed by atoms with Gasteiger partial charge in [0.25, 0.3) is 10.9 Å². The maximum absolute atomic E-state index is 12.7. The first-order valence-electron chi connectivity index (χ1n) is 6.44. The van der Waals surface area contributed by atoms with Gasteiger partial charge in [-0.3, -0.25) is 0 Å². The van der Waals surface area contributed by atoms with Gasteiger partial charge in [-0.2, -0.15) is 32.6 Å². The van der Waals surface area contributed by atoms with Crippen molar-refractivity contribution in [3.8, 4) is 11.4 Å². The quantitative estimate of drug-likeness (QED) is 0.652. The van der Waals surface area contributed by atoms with E-state index in [2.05, 4.69) is 36.0 Å². The van der Waals surface area contributed by atoms with Crippen LogP contribution < -0.4 is 5.73 Å². The molecule has 0 unspecified atom stereocenters. The third kappa shape index (κ3) is 3.28. The van der Waals surface area contributed by atoms with E-state index < -0.39 is 26.7 Å². The molecule has 13 heteroatoms. The van der Waals surface area contributed by atoms with Gasteiger partial charge in [-0.15, -0.1) is 5.10 Å². The van der Waals surface area contributed by atoms with E-state index in [9.17, 15) is 21.6 Å². The summed E-state index contributed by atoms with van der Waals surface area (Å²) in [6.45, 7) is 0. The van der Waals surface area contributed by atoms with Crippen LogP contribution in [0, 0.1) is 0 Å². The molecule has 0 atom stereocenters. The van der Waals surface area contributed by atoms with Crippen molar-refractivity contribution in [2.24, 2.45) is 0 Å². The fourth-order valence-electron chi connectivity index (χ4n) is 1.94. The zero-order valence-corrected chi connectivity index (χ0v) is 14.7. The van der Waals surface area contributed by atoms with Crippen molar-refractivity contribution in [3.63, 3.8) is 0 Å². The largest absolute Gasteiger partial charge is 0.416 e. The third-order valence-corrected chi connectivity index (χ3v) is 4.58. The van der Waals surface area contributed by atoms with E-state index in [0.717, 1.165) is 22.9 Å². The van der Waals surface area contributed by atoms with E-state index in [1.165, 1.54) is 6.07 Å². The van der Waals surface area contributed by atoms with Crippen LogP contribution in [0.3, 0.4) is 0 Å². The highest BCUT2D eigenvalue weighted by atomic mass is 79.9. The fraction of sp³-hybridized carbons (Fsp3) is 0.167. The van der Waals surface area contributed by atoms with Crippen LogP contribution in [0.4, 0.5) is 19.1 Å². The second-order valence-electron chi connectivity index (χ2n) is 4.98. The Hall–Kier alpha value is -2.28. The molecule has 3 aromatic rings. The lowest BCUT2D eigenvalue weighted by Crippen LogP contribution is -2.11. The number of anilines is 1. The van der Waals surface area contributed by atoms with Crippen LogP contribution in [0.15, 0.2) is 27.8 Å². The summed E-state index contributed by atoms with van der Waals surface area (Å²) in [7, 11) is -3.72. The number of nitrogens with two attached hydrogens (primary N) is 1. The maximum Gasteiger partial charge on any atom is 0.416 e. The van der Waals surface area contributed by atoms with Crippen molar-refractivity contribution >= 4 is 37.5 Å². The van der Waals surface area contributed by atoms with Gasteiger partial charge in [-0.05, 0) is 18.2 Å². The minimum absolute atomic E-state index is 0.00671. The first-order chi connectivity index (χ1) is 11.5. The smallest absolute Gasteiger partial charge is 0.368 e. The zero-order chi connectivity index (χ0) is 18.6. The number of halogens is 4. The number of aromatic nitrogens is 5. The van der Waals surface area contributed by atoms with E-state index in [1.54, 1.807) is 0 Å². The lowest BCUT2D eigenvalue weighted by atomic mass is 10.1. The van der Waals surface area contributed by atoms with Crippen molar-refractivity contribution in [1.82, 2.24) is 24.6 Å². The Morgan fingerprint density at radius 2 is 1.88 bits per heavy atom. The molecule has 0 amide bonds. The summed E-state index contributed by atoms with van der Waals surface area (Å²) in [5, 5.41) is 3.48. The van der Waals surface area contributed by atoms with Gasteiger partial charge in [-0.1, -0.05) is 15.9 Å². The van der Waals surface area contributed by atoms with Crippen molar-refractivity contribution in [2.75, 3.05) is 12.0 Å². The molecule has 0 fully saturated rings. The summed E-state index contributed by atoms with van der Waals surface area (Å²) in [4.78, 5) is 11.4. The number of hydrogen-bond acceptors (Lipinski definition) is 7. The summed E-state index contributed by atoms with van der Waals surface area (Å²) < 4.78 is 62.4. The number of sulfone groups is 1. The molecule has 3 rings (SSSR count). The van der Waals surface area contributed by atoms with Gasteiger partial charge in [0.2, 0.25) is 15.8 Å². The summed E-state index contributed by atoms with van der Waals surface area (Å²) in [5.74, 6) is -0.408. The lowest BCUT2D eigenvalue weighted by molar-refractivity contribution is -0.137. The molecular weight excluding hydrogens is 429 g/mol. The zero-order valence-electron chi connectivity index (χ0n) is 12.3. The Morgan fingerprint density at radius 1 is 1.20 bits per heavy atom. The Kier molecular flexibility index (Phi) is 3.95. The van der Waals surface area contributed by atoms with Gasteiger partial charge in [0.05, 0.1) is 5.56 Å². The van der Waals surface area contributed by atoms with Gasteiger partial charge in [-0.25, -0.2) is 8.42 Å². The van der Waals surface area contributed by atoms with Crippen molar-refractivity contribution in [2.45, 2.75) is 11.3 Å². The number of fused-ring (bicyclic) bond motifs is 1. The highest BCUT2D eigenvalue weighted by Crippen LogP contribution is 2.35. The van der Waals surface area contributed by atoms with Gasteiger partial charge in [0.1, 0.15) is 0 Å². The molecule has 0 bridgehead atoms. The summed E-state index contributed by atoms with van der Waals surface area (Å²) >= 11 is 3.05. The predicted octanol–water partition coefficient (Wildman–Crippen LogP) is 1.95. The van der Waals surface area contributed by atoms with Crippen LogP contribution in [0.25, 0.3) is 17.2 Å². The van der Waals surface area contributed by atoms with Crippen LogP contribution in [0.1, 0.15) is 5.56 Å². The average Bonchev–Trinajstić information content (AvgIpc) is 2.89. The minimum atomic E-state index is -4.49. The van der Waals surface area contributed by atoms with E-state index in [1.807, 2.05) is 0 Å². The highest BCUT2D eigenvalue weighted by molar-refractivity contribution is 9.10. The molecule has 0 radical (unpaired) electrons. The molecule has 2 N–H and O–H groups in total. The first-order valence-corrected chi connectivity index (χ1v) is 9.13. The molecule has 1 aromatic carbocycles. The second kappa shape index (κ2) is 5.62. The van der Waals surface area contributed by atoms with Crippen LogP contribution in [-0.4, -0.2) is 39.2 Å². The van der Waals surface area contributed by atoms with Crippen LogP contribution in [0.5, 0.6) is 0 Å². The maximum atomic E-state index is 12.7. The Labute approximate surface area is 147 Å². The van der Waals surface area contributed by atoms with Gasteiger partial charge in [0, 0.05) is 16.3 Å². The molecule has 8 nitrogen and oxygen atoms in total. The van der Waals surface area contributed by atoms with E-state index >= 15 is 0 Å². The highest BCUT2D eigenvalue weighted by Gasteiger charge is 2.31. The SMILES string of the molecule is CS(=O)(=O)c1nc(N)n2nc(-c3ccc(C(F)(F)F)cc3Br)nc2n1. The molecule has 132 valence electrons. The average molecular weight is 437 g/mol. The number of rotatable bonds is 2.